The van der Waals surface area contributed by atoms with Crippen molar-refractivity contribution >= 4 is 31.9 Å². The molecule has 0 radical (unpaired) electrons. The first-order valence-corrected chi connectivity index (χ1v) is 4.68. The average Bonchev–Trinajstić information content (AvgIpc) is 2.08. The van der Waals surface area contributed by atoms with Crippen LogP contribution in [0.2, 0.25) is 0 Å². The van der Waals surface area contributed by atoms with E-state index in [9.17, 15) is 8.78 Å². The predicted octanol–water partition coefficient (Wildman–Crippen LogP) is 2.95. The number of halogens is 4. The Morgan fingerprint density at radius 3 is 2.33 bits per heavy atom. The van der Waals surface area contributed by atoms with E-state index in [1.54, 1.807) is 0 Å². The van der Waals surface area contributed by atoms with E-state index in [1.807, 2.05) is 0 Å². The minimum Gasteiger partial charge on any atom is -0.326 e. The summed E-state index contributed by atoms with van der Waals surface area (Å²) in [7, 11) is 0. The van der Waals surface area contributed by atoms with Crippen LogP contribution in [0, 0.1) is 11.6 Å². The first-order chi connectivity index (χ1) is 5.57. The lowest BCUT2D eigenvalue weighted by Gasteiger charge is -2.04. The van der Waals surface area contributed by atoms with Gasteiger partial charge in [0.1, 0.15) is 0 Å². The summed E-state index contributed by atoms with van der Waals surface area (Å²) >= 11 is 5.95. The molecule has 1 aromatic rings. The minimum atomic E-state index is -0.912. The highest BCUT2D eigenvalue weighted by molar-refractivity contribution is 9.13. The van der Waals surface area contributed by atoms with Crippen molar-refractivity contribution in [3.8, 4) is 0 Å². The molecule has 1 rings (SSSR count). The van der Waals surface area contributed by atoms with E-state index in [0.29, 0.717) is 4.47 Å². The van der Waals surface area contributed by atoms with Gasteiger partial charge in [-0.3, -0.25) is 0 Å². The molecule has 0 amide bonds. The maximum atomic E-state index is 12.9. The number of hydrogen-bond donors (Lipinski definition) is 1. The molecule has 0 bridgehead atoms. The van der Waals surface area contributed by atoms with Gasteiger partial charge in [-0.2, -0.15) is 0 Å². The Morgan fingerprint density at radius 1 is 1.25 bits per heavy atom. The summed E-state index contributed by atoms with van der Waals surface area (Å²) in [4.78, 5) is 0. The third-order valence-electron chi connectivity index (χ3n) is 1.40. The summed E-state index contributed by atoms with van der Waals surface area (Å²) < 4.78 is 26.4. The van der Waals surface area contributed by atoms with Crippen molar-refractivity contribution in [2.24, 2.45) is 5.73 Å². The van der Waals surface area contributed by atoms with Gasteiger partial charge >= 0.3 is 0 Å². The van der Waals surface area contributed by atoms with Crippen LogP contribution in [0.4, 0.5) is 8.78 Å². The Morgan fingerprint density at radius 2 is 1.83 bits per heavy atom. The van der Waals surface area contributed by atoms with E-state index < -0.39 is 11.6 Å². The SMILES string of the molecule is NCc1cc(Br)c(Br)c(F)c1F. The van der Waals surface area contributed by atoms with Crippen LogP contribution in [0.15, 0.2) is 15.0 Å². The summed E-state index contributed by atoms with van der Waals surface area (Å²) in [6.45, 7) is -0.0192. The number of benzene rings is 1. The molecule has 0 aliphatic carbocycles. The van der Waals surface area contributed by atoms with Gasteiger partial charge in [0.25, 0.3) is 0 Å². The lowest BCUT2D eigenvalue weighted by molar-refractivity contribution is 0.494. The van der Waals surface area contributed by atoms with E-state index in [2.05, 4.69) is 31.9 Å². The molecule has 0 spiro atoms. The molecule has 5 heteroatoms. The molecule has 1 nitrogen and oxygen atoms in total. The Labute approximate surface area is 85.2 Å². The Kier molecular flexibility index (Phi) is 3.20. The third kappa shape index (κ3) is 1.67. The molecule has 0 aliphatic rings. The van der Waals surface area contributed by atoms with Gasteiger partial charge in [0, 0.05) is 16.6 Å². The smallest absolute Gasteiger partial charge is 0.174 e. The Hall–Kier alpha value is -0.000000000000000111. The molecule has 66 valence electrons. The molecule has 0 fully saturated rings. The van der Waals surface area contributed by atoms with E-state index in [0.717, 1.165) is 0 Å². The molecular weight excluding hydrogens is 296 g/mol. The second-order valence-corrected chi connectivity index (χ2v) is 3.81. The fourth-order valence-corrected chi connectivity index (χ4v) is 1.51. The zero-order valence-electron chi connectivity index (χ0n) is 5.87. The minimum absolute atomic E-state index is 0.0192. The quantitative estimate of drug-likeness (QED) is 0.626. The van der Waals surface area contributed by atoms with Gasteiger partial charge in [0.15, 0.2) is 11.6 Å². The lowest BCUT2D eigenvalue weighted by atomic mass is 10.2. The van der Waals surface area contributed by atoms with Gasteiger partial charge in [-0.15, -0.1) is 0 Å². The van der Waals surface area contributed by atoms with Crippen LogP contribution < -0.4 is 5.73 Å². The molecule has 0 aromatic heterocycles. The lowest BCUT2D eigenvalue weighted by Crippen LogP contribution is -2.02. The maximum Gasteiger partial charge on any atom is 0.174 e. The van der Waals surface area contributed by atoms with Gasteiger partial charge in [-0.1, -0.05) is 0 Å². The molecule has 2 N–H and O–H groups in total. The monoisotopic (exact) mass is 299 g/mol. The first-order valence-electron chi connectivity index (χ1n) is 3.10. The highest BCUT2D eigenvalue weighted by atomic mass is 79.9. The van der Waals surface area contributed by atoms with Crippen molar-refractivity contribution in [1.29, 1.82) is 0 Å². The van der Waals surface area contributed by atoms with Crippen LogP contribution >= 0.6 is 31.9 Å². The van der Waals surface area contributed by atoms with Gasteiger partial charge < -0.3 is 5.73 Å². The Balaban J connectivity index is 3.39. The molecule has 12 heavy (non-hydrogen) atoms. The number of nitrogens with two attached hydrogens (primary N) is 1. The van der Waals surface area contributed by atoms with Crippen molar-refractivity contribution in [3.05, 3.63) is 32.2 Å². The van der Waals surface area contributed by atoms with Crippen LogP contribution in [-0.4, -0.2) is 0 Å². The predicted molar refractivity (Wildman–Crippen MR) is 49.6 cm³/mol. The van der Waals surface area contributed by atoms with Gasteiger partial charge in [0.2, 0.25) is 0 Å². The first kappa shape index (κ1) is 10.1. The van der Waals surface area contributed by atoms with Crippen molar-refractivity contribution < 1.29 is 8.78 Å². The summed E-state index contributed by atoms with van der Waals surface area (Å²) in [6.07, 6.45) is 0. The van der Waals surface area contributed by atoms with Crippen LogP contribution in [0.1, 0.15) is 5.56 Å². The molecule has 1 aromatic carbocycles. The van der Waals surface area contributed by atoms with Crippen LogP contribution in [-0.2, 0) is 6.54 Å². The van der Waals surface area contributed by atoms with Crippen LogP contribution in [0.5, 0.6) is 0 Å². The van der Waals surface area contributed by atoms with Gasteiger partial charge in [-0.25, -0.2) is 8.78 Å². The summed E-state index contributed by atoms with van der Waals surface area (Å²) in [6, 6.07) is 1.45. The number of hydrogen-bond acceptors (Lipinski definition) is 1. The van der Waals surface area contributed by atoms with Crippen LogP contribution in [0.25, 0.3) is 0 Å². The van der Waals surface area contributed by atoms with Gasteiger partial charge in [-0.05, 0) is 37.9 Å². The zero-order valence-corrected chi connectivity index (χ0v) is 9.05. The van der Waals surface area contributed by atoms with E-state index in [1.165, 1.54) is 6.07 Å². The second-order valence-electron chi connectivity index (χ2n) is 2.16. The van der Waals surface area contributed by atoms with E-state index in [4.69, 9.17) is 5.73 Å². The summed E-state index contributed by atoms with van der Waals surface area (Å²) in [5, 5.41) is 0. The van der Waals surface area contributed by atoms with Crippen molar-refractivity contribution in [2.75, 3.05) is 0 Å². The highest BCUT2D eigenvalue weighted by Crippen LogP contribution is 2.29. The molecule has 0 saturated carbocycles. The molecule has 0 saturated heterocycles. The average molecular weight is 301 g/mol. The van der Waals surface area contributed by atoms with Crippen molar-refractivity contribution in [2.45, 2.75) is 6.54 Å². The van der Waals surface area contributed by atoms with Gasteiger partial charge in [0.05, 0.1) is 4.47 Å². The normalized spacial score (nSPS) is 10.4. The van der Waals surface area contributed by atoms with E-state index in [-0.39, 0.29) is 16.6 Å². The van der Waals surface area contributed by atoms with E-state index >= 15 is 0 Å². The van der Waals surface area contributed by atoms with Crippen LogP contribution in [0.3, 0.4) is 0 Å². The maximum absolute atomic E-state index is 12.9. The Bertz CT molecular complexity index is 315. The third-order valence-corrected chi connectivity index (χ3v) is 3.33. The number of rotatable bonds is 1. The fraction of sp³-hybridized carbons (Fsp3) is 0.143. The molecular formula is C7H5Br2F2N. The second kappa shape index (κ2) is 3.81. The molecule has 0 atom stereocenters. The summed E-state index contributed by atoms with van der Waals surface area (Å²) in [5.74, 6) is -1.81. The van der Waals surface area contributed by atoms with Crippen molar-refractivity contribution in [1.82, 2.24) is 0 Å². The standard InChI is InChI=1S/C7H5Br2F2N/c8-4-1-3(2-12)6(10)7(11)5(4)9/h1H,2,12H2. The zero-order chi connectivity index (χ0) is 9.30. The van der Waals surface area contributed by atoms with Crippen molar-refractivity contribution in [3.63, 3.8) is 0 Å². The molecule has 0 heterocycles. The summed E-state index contributed by atoms with van der Waals surface area (Å²) in [5.41, 5.74) is 5.35. The highest BCUT2D eigenvalue weighted by Gasteiger charge is 2.13. The molecule has 0 aliphatic heterocycles. The topological polar surface area (TPSA) is 26.0 Å². The largest absolute Gasteiger partial charge is 0.326 e. The molecule has 0 unspecified atom stereocenters. The fourth-order valence-electron chi connectivity index (χ4n) is 0.770.